The van der Waals surface area contributed by atoms with Crippen molar-refractivity contribution in [3.05, 3.63) is 64.5 Å². The summed E-state index contributed by atoms with van der Waals surface area (Å²) in [4.78, 5) is 21.7. The number of rotatable bonds is 6. The van der Waals surface area contributed by atoms with E-state index in [-0.39, 0.29) is 10.6 Å². The molecule has 0 aliphatic heterocycles. The van der Waals surface area contributed by atoms with Gasteiger partial charge in [-0.15, -0.1) is 0 Å². The van der Waals surface area contributed by atoms with Gasteiger partial charge in [0.1, 0.15) is 5.82 Å². The number of halogens is 1. The van der Waals surface area contributed by atoms with Crippen LogP contribution in [0.3, 0.4) is 0 Å². The van der Waals surface area contributed by atoms with E-state index in [0.717, 1.165) is 24.3 Å². The Morgan fingerprint density at radius 2 is 1.88 bits per heavy atom. The third-order valence-corrected chi connectivity index (χ3v) is 4.73. The van der Waals surface area contributed by atoms with Crippen LogP contribution in [0.5, 0.6) is 0 Å². The predicted molar refractivity (Wildman–Crippen MR) is 87.9 cm³/mol. The van der Waals surface area contributed by atoms with Crippen molar-refractivity contribution in [2.75, 3.05) is 5.32 Å². The molecule has 0 aliphatic carbocycles. The summed E-state index contributed by atoms with van der Waals surface area (Å²) in [5.41, 5.74) is -0.486. The lowest BCUT2D eigenvalue weighted by atomic mass is 10.2. The maximum Gasteiger partial charge on any atom is 0.270 e. The van der Waals surface area contributed by atoms with Crippen LogP contribution in [-0.4, -0.2) is 25.3 Å². The van der Waals surface area contributed by atoms with Gasteiger partial charge in [0.25, 0.3) is 5.69 Å². The summed E-state index contributed by atoms with van der Waals surface area (Å²) in [5, 5.41) is 13.0. The largest absolute Gasteiger partial charge is 0.322 e. The lowest BCUT2D eigenvalue weighted by Gasteiger charge is -2.14. The van der Waals surface area contributed by atoms with E-state index in [1.165, 1.54) is 31.2 Å². The van der Waals surface area contributed by atoms with Crippen LogP contribution in [0.25, 0.3) is 0 Å². The molecule has 0 fully saturated rings. The summed E-state index contributed by atoms with van der Waals surface area (Å²) < 4.78 is 40.1. The zero-order valence-corrected chi connectivity index (χ0v) is 13.8. The highest BCUT2D eigenvalue weighted by Crippen LogP contribution is 2.18. The fourth-order valence-electron chi connectivity index (χ4n) is 1.92. The van der Waals surface area contributed by atoms with Gasteiger partial charge in [-0.3, -0.25) is 14.9 Å². The number of para-hydroxylation sites is 1. The first kappa shape index (κ1) is 18.5. The topological polar surface area (TPSA) is 118 Å². The summed E-state index contributed by atoms with van der Waals surface area (Å²) in [6.07, 6.45) is 0. The summed E-state index contributed by atoms with van der Waals surface area (Å²) in [7, 11) is -4.17. The van der Waals surface area contributed by atoms with Crippen molar-refractivity contribution in [3.63, 3.8) is 0 Å². The van der Waals surface area contributed by atoms with Gasteiger partial charge in [0.05, 0.1) is 21.5 Å². The van der Waals surface area contributed by atoms with Crippen molar-refractivity contribution in [1.29, 1.82) is 0 Å². The Morgan fingerprint density at radius 1 is 1.20 bits per heavy atom. The zero-order valence-electron chi connectivity index (χ0n) is 13.0. The van der Waals surface area contributed by atoms with Crippen LogP contribution in [0.4, 0.5) is 15.8 Å². The Kier molecular flexibility index (Phi) is 5.45. The molecule has 0 saturated carbocycles. The van der Waals surface area contributed by atoms with E-state index in [9.17, 15) is 27.7 Å². The molecule has 25 heavy (non-hydrogen) atoms. The molecule has 10 heteroatoms. The molecule has 2 rings (SSSR count). The fourth-order valence-corrected chi connectivity index (χ4v) is 3.16. The van der Waals surface area contributed by atoms with Gasteiger partial charge < -0.3 is 5.32 Å². The maximum absolute atomic E-state index is 13.5. The molecule has 1 unspecified atom stereocenters. The smallest absolute Gasteiger partial charge is 0.270 e. The van der Waals surface area contributed by atoms with E-state index in [1.54, 1.807) is 0 Å². The van der Waals surface area contributed by atoms with Gasteiger partial charge >= 0.3 is 0 Å². The average Bonchev–Trinajstić information content (AvgIpc) is 2.56. The number of carbonyl (C=O) groups excluding carboxylic acids is 1. The Morgan fingerprint density at radius 3 is 2.52 bits per heavy atom. The molecule has 1 amide bonds. The number of carbonyl (C=O) groups is 1. The van der Waals surface area contributed by atoms with Gasteiger partial charge in [-0.05, 0) is 25.1 Å². The molecule has 0 aromatic heterocycles. The molecular formula is C15H14FN3O5S. The van der Waals surface area contributed by atoms with Gasteiger partial charge in [-0.1, -0.05) is 18.2 Å². The SMILES string of the molecule is CC(NS(=O)(=O)c1cccc([N+](=O)[O-])c1)C(=O)Nc1ccccc1F. The minimum atomic E-state index is -4.17. The Labute approximate surface area is 142 Å². The van der Waals surface area contributed by atoms with Crippen molar-refractivity contribution < 1.29 is 22.5 Å². The van der Waals surface area contributed by atoms with Crippen molar-refractivity contribution >= 4 is 27.3 Å². The molecular weight excluding hydrogens is 353 g/mol. The molecule has 0 aliphatic rings. The van der Waals surface area contributed by atoms with Gasteiger partial charge in [-0.2, -0.15) is 4.72 Å². The molecule has 1 atom stereocenters. The number of benzene rings is 2. The van der Waals surface area contributed by atoms with Crippen LogP contribution in [0.15, 0.2) is 53.4 Å². The first-order valence-electron chi connectivity index (χ1n) is 7.03. The van der Waals surface area contributed by atoms with Crippen LogP contribution < -0.4 is 10.0 Å². The third kappa shape index (κ3) is 4.58. The minimum Gasteiger partial charge on any atom is -0.322 e. The quantitative estimate of drug-likeness (QED) is 0.598. The molecule has 0 spiro atoms. The zero-order chi connectivity index (χ0) is 18.6. The lowest BCUT2D eigenvalue weighted by Crippen LogP contribution is -2.41. The summed E-state index contributed by atoms with van der Waals surface area (Å²) in [6, 6.07) is 8.60. The van der Waals surface area contributed by atoms with Crippen LogP contribution >= 0.6 is 0 Å². The number of nitrogens with zero attached hydrogens (tertiary/aromatic N) is 1. The van der Waals surface area contributed by atoms with Crippen LogP contribution in [0.1, 0.15) is 6.92 Å². The van der Waals surface area contributed by atoms with Crippen LogP contribution in [0, 0.1) is 15.9 Å². The van der Waals surface area contributed by atoms with Gasteiger partial charge in [-0.25, -0.2) is 12.8 Å². The van der Waals surface area contributed by atoms with Crippen LogP contribution in [-0.2, 0) is 14.8 Å². The Balaban J connectivity index is 2.14. The number of nitro benzene ring substituents is 1. The molecule has 0 bridgehead atoms. The predicted octanol–water partition coefficient (Wildman–Crippen LogP) is 2.04. The monoisotopic (exact) mass is 367 g/mol. The normalized spacial score (nSPS) is 12.4. The van der Waals surface area contributed by atoms with E-state index >= 15 is 0 Å². The minimum absolute atomic E-state index is 0.0890. The number of anilines is 1. The van der Waals surface area contributed by atoms with Crippen molar-refractivity contribution in [2.24, 2.45) is 0 Å². The molecule has 132 valence electrons. The standard InChI is InChI=1S/C15H14FN3O5S/c1-10(15(20)17-14-8-3-2-7-13(14)16)18-25(23,24)12-6-4-5-11(9-12)19(21)22/h2-10,18H,1H3,(H,17,20). The second-order valence-corrected chi connectivity index (χ2v) is 6.78. The van der Waals surface area contributed by atoms with Gasteiger partial charge in [0.2, 0.25) is 15.9 Å². The molecule has 0 radical (unpaired) electrons. The molecule has 2 aromatic rings. The number of nitro groups is 1. The Bertz CT molecular complexity index is 917. The van der Waals surface area contributed by atoms with E-state index < -0.39 is 38.4 Å². The molecule has 8 nitrogen and oxygen atoms in total. The second-order valence-electron chi connectivity index (χ2n) is 5.07. The number of hydrogen-bond acceptors (Lipinski definition) is 5. The van der Waals surface area contributed by atoms with Crippen molar-refractivity contribution in [3.8, 4) is 0 Å². The second kappa shape index (κ2) is 7.36. The highest BCUT2D eigenvalue weighted by atomic mass is 32.2. The highest BCUT2D eigenvalue weighted by Gasteiger charge is 2.24. The first-order chi connectivity index (χ1) is 11.7. The Hall–Kier alpha value is -2.85. The number of hydrogen-bond donors (Lipinski definition) is 2. The summed E-state index contributed by atoms with van der Waals surface area (Å²) in [6.45, 7) is 1.27. The molecule has 2 N–H and O–H groups in total. The van der Waals surface area contributed by atoms with Crippen molar-refractivity contribution in [2.45, 2.75) is 17.9 Å². The van der Waals surface area contributed by atoms with E-state index in [0.29, 0.717) is 0 Å². The number of sulfonamides is 1. The average molecular weight is 367 g/mol. The van der Waals surface area contributed by atoms with Gasteiger partial charge in [0, 0.05) is 12.1 Å². The van der Waals surface area contributed by atoms with Gasteiger partial charge in [0.15, 0.2) is 0 Å². The summed E-state index contributed by atoms with van der Waals surface area (Å²) >= 11 is 0. The molecule has 2 aromatic carbocycles. The first-order valence-corrected chi connectivity index (χ1v) is 8.51. The number of non-ortho nitro benzene ring substituents is 1. The third-order valence-electron chi connectivity index (χ3n) is 3.20. The number of amides is 1. The van der Waals surface area contributed by atoms with E-state index in [2.05, 4.69) is 10.0 Å². The maximum atomic E-state index is 13.5. The van der Waals surface area contributed by atoms with E-state index in [4.69, 9.17) is 0 Å². The van der Waals surface area contributed by atoms with E-state index in [1.807, 2.05) is 0 Å². The summed E-state index contributed by atoms with van der Waals surface area (Å²) in [5.74, 6) is -1.44. The lowest BCUT2D eigenvalue weighted by molar-refractivity contribution is -0.385. The fraction of sp³-hybridized carbons (Fsp3) is 0.133. The number of nitrogens with one attached hydrogen (secondary N) is 2. The van der Waals surface area contributed by atoms with Crippen molar-refractivity contribution in [1.82, 2.24) is 4.72 Å². The molecule has 0 saturated heterocycles. The highest BCUT2D eigenvalue weighted by molar-refractivity contribution is 7.89. The molecule has 0 heterocycles. The van der Waals surface area contributed by atoms with Crippen LogP contribution in [0.2, 0.25) is 0 Å².